The van der Waals surface area contributed by atoms with Crippen molar-refractivity contribution in [2.24, 2.45) is 5.92 Å². The fourth-order valence-electron chi connectivity index (χ4n) is 8.83. The van der Waals surface area contributed by atoms with Crippen molar-refractivity contribution in [3.05, 3.63) is 24.3 Å². The van der Waals surface area contributed by atoms with Gasteiger partial charge in [0.1, 0.15) is 19.3 Å². The van der Waals surface area contributed by atoms with Crippen LogP contribution in [0, 0.1) is 5.92 Å². The van der Waals surface area contributed by atoms with E-state index in [1.54, 1.807) is 0 Å². The number of phosphoric acid groups is 2. The van der Waals surface area contributed by atoms with Crippen molar-refractivity contribution in [2.45, 2.75) is 310 Å². The molecule has 0 aromatic carbocycles. The molecule has 82 heavy (non-hydrogen) atoms. The predicted molar refractivity (Wildman–Crippen MR) is 326 cm³/mol. The van der Waals surface area contributed by atoms with Crippen molar-refractivity contribution in [2.75, 3.05) is 39.6 Å². The molecule has 0 rings (SSSR count). The number of aliphatic hydroxyl groups excluding tert-OH is 1. The van der Waals surface area contributed by atoms with Crippen LogP contribution >= 0.6 is 15.6 Å². The lowest BCUT2D eigenvalue weighted by Crippen LogP contribution is -2.30. The number of hydrogen-bond acceptors (Lipinski definition) is 15. The summed E-state index contributed by atoms with van der Waals surface area (Å²) in [5.41, 5.74) is 0. The Balaban J connectivity index is 5.23. The fourth-order valence-corrected chi connectivity index (χ4v) is 10.4. The van der Waals surface area contributed by atoms with Crippen LogP contribution in [0.15, 0.2) is 24.3 Å². The van der Waals surface area contributed by atoms with Crippen LogP contribution in [-0.4, -0.2) is 96.7 Å². The number of ether oxygens (including phenoxy) is 4. The Morgan fingerprint density at radius 3 is 1.04 bits per heavy atom. The van der Waals surface area contributed by atoms with Crippen LogP contribution in [0.1, 0.15) is 291 Å². The Hall–Kier alpha value is -2.46. The minimum atomic E-state index is -4.95. The standard InChI is InChI=1S/C63H118O17P2/c1-6-10-13-16-18-20-22-24-25-26-28-30-32-38-43-48-62(67)79-59(53-74-61(66)47-42-37-31-29-27-23-21-19-17-14-11-7-2)55-78-82(71,72)76-51-57(64)50-75-81(69,70)77-54-58(52-73-60(65)46-41-35-15-12-8-3)80-63(68)49-44-39-34-33-36-40-45-56(5)9-4/h20,22,24-25,56-59,64H,6-19,21,23,26-55H2,1-5H3,(H,69,70)(H,71,72)/b22-20-,25-24-/t56?,57-,58+,59+/m0/s1. The summed E-state index contributed by atoms with van der Waals surface area (Å²) in [6.45, 7) is 6.98. The molecule has 0 heterocycles. The van der Waals surface area contributed by atoms with Gasteiger partial charge in [0.2, 0.25) is 0 Å². The Morgan fingerprint density at radius 1 is 0.390 bits per heavy atom. The summed E-state index contributed by atoms with van der Waals surface area (Å²) in [5.74, 6) is -1.46. The first-order valence-corrected chi connectivity index (χ1v) is 35.5. The maximum absolute atomic E-state index is 13.0. The molecule has 0 saturated heterocycles. The summed E-state index contributed by atoms with van der Waals surface area (Å²) in [5, 5.41) is 10.5. The molecule has 6 atom stereocenters. The quantitative estimate of drug-likeness (QED) is 0.0169. The van der Waals surface area contributed by atoms with Crippen molar-refractivity contribution < 1.29 is 80.2 Å². The predicted octanol–water partition coefficient (Wildman–Crippen LogP) is 17.0. The molecule has 0 aliphatic rings. The lowest BCUT2D eigenvalue weighted by atomic mass is 10.00. The Kier molecular flexibility index (Phi) is 54.7. The van der Waals surface area contributed by atoms with Gasteiger partial charge >= 0.3 is 39.5 Å². The molecule has 0 spiro atoms. The van der Waals surface area contributed by atoms with Gasteiger partial charge in [0.25, 0.3) is 0 Å². The number of phosphoric ester groups is 2. The van der Waals surface area contributed by atoms with Crippen LogP contribution in [0.2, 0.25) is 0 Å². The third-order valence-electron chi connectivity index (χ3n) is 14.3. The van der Waals surface area contributed by atoms with Crippen LogP contribution in [0.5, 0.6) is 0 Å². The molecular formula is C63H118O17P2. The molecule has 19 heteroatoms. The van der Waals surface area contributed by atoms with Crippen molar-refractivity contribution in [3.63, 3.8) is 0 Å². The Morgan fingerprint density at radius 2 is 0.683 bits per heavy atom. The van der Waals surface area contributed by atoms with Crippen LogP contribution in [0.25, 0.3) is 0 Å². The highest BCUT2D eigenvalue weighted by molar-refractivity contribution is 7.47. The fraction of sp³-hybridized carbons (Fsp3) is 0.873. The SMILES string of the molecule is CCCCCC/C=C\C=C/CCCCCCCC(=O)O[C@H](COC(=O)CCCCCCCCCCCCCC)COP(=O)(O)OC[C@@H](O)COP(=O)(O)OC[C@@H](COC(=O)CCCCCCC)OC(=O)CCCCCCCCC(C)CC. The summed E-state index contributed by atoms with van der Waals surface area (Å²) < 4.78 is 67.7. The lowest BCUT2D eigenvalue weighted by molar-refractivity contribution is -0.161. The number of allylic oxidation sites excluding steroid dienone is 4. The molecule has 0 saturated carbocycles. The van der Waals surface area contributed by atoms with Crippen LogP contribution in [-0.2, 0) is 65.4 Å². The van der Waals surface area contributed by atoms with Crippen molar-refractivity contribution in [3.8, 4) is 0 Å². The first kappa shape index (κ1) is 79.5. The number of esters is 4. The van der Waals surface area contributed by atoms with Crippen LogP contribution in [0.3, 0.4) is 0 Å². The molecule has 0 radical (unpaired) electrons. The van der Waals surface area contributed by atoms with Gasteiger partial charge in [0.05, 0.1) is 26.4 Å². The number of unbranched alkanes of at least 4 members (excludes halogenated alkanes) is 29. The van der Waals surface area contributed by atoms with Gasteiger partial charge in [-0.2, -0.15) is 0 Å². The number of hydrogen-bond donors (Lipinski definition) is 3. The monoisotopic (exact) mass is 1210 g/mol. The molecule has 0 aromatic heterocycles. The van der Waals surface area contributed by atoms with E-state index in [-0.39, 0.29) is 25.7 Å². The van der Waals surface area contributed by atoms with E-state index in [0.29, 0.717) is 25.7 Å². The van der Waals surface area contributed by atoms with Crippen molar-refractivity contribution in [1.82, 2.24) is 0 Å². The van der Waals surface area contributed by atoms with E-state index >= 15 is 0 Å². The number of rotatable bonds is 61. The van der Waals surface area contributed by atoms with Gasteiger partial charge in [-0.1, -0.05) is 239 Å². The lowest BCUT2D eigenvalue weighted by Gasteiger charge is -2.21. The largest absolute Gasteiger partial charge is 0.472 e. The molecule has 17 nitrogen and oxygen atoms in total. The molecule has 0 bridgehead atoms. The average Bonchev–Trinajstić information content (AvgIpc) is 3.45. The smallest absolute Gasteiger partial charge is 0.462 e. The average molecular weight is 1210 g/mol. The van der Waals surface area contributed by atoms with Gasteiger partial charge in [-0.05, 0) is 57.3 Å². The zero-order valence-corrected chi connectivity index (χ0v) is 53.9. The number of carbonyl (C=O) groups is 4. The zero-order valence-electron chi connectivity index (χ0n) is 52.1. The molecule has 0 aromatic rings. The summed E-state index contributed by atoms with van der Waals surface area (Å²) in [6, 6.07) is 0. The summed E-state index contributed by atoms with van der Waals surface area (Å²) in [7, 11) is -9.89. The molecule has 3 N–H and O–H groups in total. The first-order chi connectivity index (χ1) is 39.6. The van der Waals surface area contributed by atoms with Crippen LogP contribution < -0.4 is 0 Å². The number of aliphatic hydroxyl groups is 1. The van der Waals surface area contributed by atoms with Crippen molar-refractivity contribution >= 4 is 39.5 Å². The Labute approximate surface area is 497 Å². The van der Waals surface area contributed by atoms with Gasteiger partial charge in [0, 0.05) is 25.7 Å². The maximum Gasteiger partial charge on any atom is 0.472 e. The van der Waals surface area contributed by atoms with Crippen LogP contribution in [0.4, 0.5) is 0 Å². The maximum atomic E-state index is 13.0. The highest BCUT2D eigenvalue weighted by Crippen LogP contribution is 2.45. The molecule has 482 valence electrons. The van der Waals surface area contributed by atoms with Gasteiger partial charge in [-0.25, -0.2) is 9.13 Å². The van der Waals surface area contributed by atoms with E-state index in [0.717, 1.165) is 115 Å². The minimum Gasteiger partial charge on any atom is -0.462 e. The van der Waals surface area contributed by atoms with Gasteiger partial charge in [0.15, 0.2) is 12.2 Å². The zero-order chi connectivity index (χ0) is 60.6. The summed E-state index contributed by atoms with van der Waals surface area (Å²) >= 11 is 0. The highest BCUT2D eigenvalue weighted by atomic mass is 31.2. The van der Waals surface area contributed by atoms with Gasteiger partial charge < -0.3 is 33.8 Å². The van der Waals surface area contributed by atoms with E-state index in [4.69, 9.17) is 37.0 Å². The second kappa shape index (κ2) is 56.4. The number of carbonyl (C=O) groups excluding carboxylic acids is 4. The Bertz CT molecular complexity index is 1690. The molecule has 0 aliphatic carbocycles. The molecule has 3 unspecified atom stereocenters. The molecule has 0 fully saturated rings. The van der Waals surface area contributed by atoms with E-state index in [2.05, 4.69) is 58.9 Å². The summed E-state index contributed by atoms with van der Waals surface area (Å²) in [4.78, 5) is 71.9. The topological polar surface area (TPSA) is 237 Å². The second-order valence-electron chi connectivity index (χ2n) is 22.4. The summed E-state index contributed by atoms with van der Waals surface area (Å²) in [6.07, 6.45) is 42.9. The van der Waals surface area contributed by atoms with Crippen molar-refractivity contribution in [1.29, 1.82) is 0 Å². The third kappa shape index (κ3) is 55.4. The second-order valence-corrected chi connectivity index (χ2v) is 25.3. The highest BCUT2D eigenvalue weighted by Gasteiger charge is 2.30. The normalized spacial score (nSPS) is 14.8. The van der Waals surface area contributed by atoms with E-state index in [1.165, 1.54) is 96.3 Å². The molecular weight excluding hydrogens is 1090 g/mol. The van der Waals surface area contributed by atoms with E-state index in [1.807, 2.05) is 0 Å². The first-order valence-electron chi connectivity index (χ1n) is 32.5. The van der Waals surface area contributed by atoms with E-state index in [9.17, 15) is 43.2 Å². The molecule has 0 aliphatic heterocycles. The van der Waals surface area contributed by atoms with E-state index < -0.39 is 97.5 Å². The van der Waals surface area contributed by atoms with Gasteiger partial charge in [-0.3, -0.25) is 37.3 Å². The molecule has 0 amide bonds. The minimum absolute atomic E-state index is 0.0850. The third-order valence-corrected chi connectivity index (χ3v) is 16.2. The van der Waals surface area contributed by atoms with Gasteiger partial charge in [-0.15, -0.1) is 0 Å².